The number of carbonyl (C=O) groups excluding carboxylic acids is 1. The Labute approximate surface area is 192 Å². The smallest absolute Gasteiger partial charge is 0.234 e. The zero-order valence-corrected chi connectivity index (χ0v) is 18.7. The predicted molar refractivity (Wildman–Crippen MR) is 119 cm³/mol. The number of pyridine rings is 1. The summed E-state index contributed by atoms with van der Waals surface area (Å²) >= 11 is 13.2. The summed E-state index contributed by atoms with van der Waals surface area (Å²) in [7, 11) is 0. The number of hydrogen-bond acceptors (Lipinski definition) is 6. The zero-order valence-electron chi connectivity index (χ0n) is 16.4. The van der Waals surface area contributed by atoms with Crippen LogP contribution in [0.15, 0.2) is 54.3 Å². The monoisotopic (exact) mass is 481 g/mol. The minimum Gasteiger partial charge on any atom is -0.481 e. The Hall–Kier alpha value is -2.62. The molecule has 0 fully saturated rings. The molecule has 1 atom stereocenters. The largest absolute Gasteiger partial charge is 0.481 e. The second-order valence-electron chi connectivity index (χ2n) is 6.25. The average Bonchev–Trinajstić information content (AvgIpc) is 3.13. The second kappa shape index (κ2) is 10.6. The highest BCUT2D eigenvalue weighted by Gasteiger charge is 2.21. The molecule has 0 saturated heterocycles. The molecule has 1 amide bonds. The lowest BCUT2D eigenvalue weighted by Crippen LogP contribution is -2.16. The van der Waals surface area contributed by atoms with Gasteiger partial charge in [-0.05, 0) is 37.3 Å². The molecule has 31 heavy (non-hydrogen) atoms. The quantitative estimate of drug-likeness (QED) is 0.257. The molecule has 1 unspecified atom stereocenters. The van der Waals surface area contributed by atoms with E-state index in [1.807, 2.05) is 0 Å². The van der Waals surface area contributed by atoms with E-state index < -0.39 is 11.9 Å². The first kappa shape index (κ1) is 23.1. The summed E-state index contributed by atoms with van der Waals surface area (Å²) in [5.41, 5.74) is 0.432. The molecule has 2 aromatic heterocycles. The van der Waals surface area contributed by atoms with Crippen molar-refractivity contribution in [3.63, 3.8) is 0 Å². The number of hydrogen-bond donors (Lipinski definition) is 1. The molecule has 0 saturated carbocycles. The van der Waals surface area contributed by atoms with Gasteiger partial charge in [-0.1, -0.05) is 41.0 Å². The first-order valence-electron chi connectivity index (χ1n) is 9.08. The van der Waals surface area contributed by atoms with Gasteiger partial charge in [-0.2, -0.15) is 0 Å². The minimum absolute atomic E-state index is 0.0829. The van der Waals surface area contributed by atoms with Gasteiger partial charge in [-0.25, -0.2) is 9.37 Å². The summed E-state index contributed by atoms with van der Waals surface area (Å²) in [6.07, 6.45) is 2.69. The Balaban J connectivity index is 1.70. The van der Waals surface area contributed by atoms with Gasteiger partial charge in [0.05, 0.1) is 16.5 Å². The molecule has 1 N–H and O–H groups in total. The van der Waals surface area contributed by atoms with E-state index in [4.69, 9.17) is 27.9 Å². The predicted octanol–water partition coefficient (Wildman–Crippen LogP) is 5.18. The Bertz CT molecular complexity index is 1100. The summed E-state index contributed by atoms with van der Waals surface area (Å²) in [5.74, 6) is 0.199. The number of carbonyl (C=O) groups is 1. The van der Waals surface area contributed by atoms with E-state index in [2.05, 4.69) is 27.1 Å². The van der Waals surface area contributed by atoms with Crippen molar-refractivity contribution in [3.8, 4) is 5.75 Å². The highest BCUT2D eigenvalue weighted by atomic mass is 35.5. The van der Waals surface area contributed by atoms with Crippen LogP contribution in [0.4, 0.5) is 10.1 Å². The lowest BCUT2D eigenvalue weighted by atomic mass is 10.3. The third-order valence-corrected chi connectivity index (χ3v) is 5.55. The van der Waals surface area contributed by atoms with Gasteiger partial charge < -0.3 is 10.1 Å². The first-order chi connectivity index (χ1) is 14.9. The van der Waals surface area contributed by atoms with Crippen LogP contribution >= 0.6 is 35.0 Å². The Morgan fingerprint density at radius 1 is 1.39 bits per heavy atom. The number of benzene rings is 1. The minimum atomic E-state index is -0.534. The van der Waals surface area contributed by atoms with Crippen LogP contribution in [0.1, 0.15) is 18.9 Å². The highest BCUT2D eigenvalue weighted by molar-refractivity contribution is 7.99. The lowest BCUT2D eigenvalue weighted by molar-refractivity contribution is -0.113. The maximum Gasteiger partial charge on any atom is 0.234 e. The van der Waals surface area contributed by atoms with Crippen molar-refractivity contribution in [2.45, 2.75) is 24.7 Å². The van der Waals surface area contributed by atoms with Crippen LogP contribution in [0.25, 0.3) is 0 Å². The molecular formula is C20H18Cl2FN5O2S. The Morgan fingerprint density at radius 2 is 2.19 bits per heavy atom. The van der Waals surface area contributed by atoms with E-state index >= 15 is 0 Å². The van der Waals surface area contributed by atoms with E-state index in [1.54, 1.807) is 29.7 Å². The van der Waals surface area contributed by atoms with E-state index in [0.29, 0.717) is 29.0 Å². The van der Waals surface area contributed by atoms with Crippen molar-refractivity contribution in [2.24, 2.45) is 0 Å². The molecule has 162 valence electrons. The number of allylic oxidation sites excluding steroid dienone is 1. The van der Waals surface area contributed by atoms with Gasteiger partial charge in [0.25, 0.3) is 0 Å². The van der Waals surface area contributed by atoms with E-state index in [0.717, 1.165) is 0 Å². The molecule has 0 aliphatic rings. The van der Waals surface area contributed by atoms with Gasteiger partial charge in [0.2, 0.25) is 5.91 Å². The van der Waals surface area contributed by atoms with E-state index in [1.165, 1.54) is 36.2 Å². The van der Waals surface area contributed by atoms with Gasteiger partial charge in [0.15, 0.2) is 22.2 Å². The molecule has 1 aromatic carbocycles. The van der Waals surface area contributed by atoms with Crippen LogP contribution in [0.3, 0.4) is 0 Å². The molecule has 0 bridgehead atoms. The standard InChI is InChI=1S/C20H18Cl2FN5O2S/c1-3-9-28-19(12(2)30-16-7-6-13(23)10-14(16)21)26-27-20(28)31-11-17(29)25-15-5-4-8-24-18(15)22/h3-8,10,12H,1,9,11H2,2H3,(H,25,29). The molecule has 3 rings (SSSR count). The Kier molecular flexibility index (Phi) is 7.89. The molecule has 0 aliphatic carbocycles. The highest BCUT2D eigenvalue weighted by Crippen LogP contribution is 2.30. The number of nitrogens with zero attached hydrogens (tertiary/aromatic N) is 4. The molecule has 11 heteroatoms. The molecule has 0 radical (unpaired) electrons. The summed E-state index contributed by atoms with van der Waals surface area (Å²) in [6, 6.07) is 7.22. The van der Waals surface area contributed by atoms with E-state index in [-0.39, 0.29) is 21.8 Å². The average molecular weight is 482 g/mol. The van der Waals surface area contributed by atoms with Gasteiger partial charge in [0.1, 0.15) is 11.6 Å². The fourth-order valence-corrected chi connectivity index (χ4v) is 3.75. The normalized spacial score (nSPS) is 11.7. The third kappa shape index (κ3) is 5.96. The molecule has 7 nitrogen and oxygen atoms in total. The summed E-state index contributed by atoms with van der Waals surface area (Å²) in [4.78, 5) is 16.2. The number of nitrogens with one attached hydrogen (secondary N) is 1. The zero-order chi connectivity index (χ0) is 22.4. The van der Waals surface area contributed by atoms with Gasteiger partial charge >= 0.3 is 0 Å². The molecule has 0 spiro atoms. The number of amides is 1. The van der Waals surface area contributed by atoms with Gasteiger partial charge in [0, 0.05) is 12.7 Å². The van der Waals surface area contributed by atoms with Crippen molar-refractivity contribution < 1.29 is 13.9 Å². The number of anilines is 1. The Morgan fingerprint density at radius 3 is 2.90 bits per heavy atom. The summed E-state index contributed by atoms with van der Waals surface area (Å²) < 4.78 is 20.9. The van der Waals surface area contributed by atoms with Crippen molar-refractivity contribution in [1.82, 2.24) is 19.7 Å². The number of rotatable bonds is 9. The van der Waals surface area contributed by atoms with Crippen molar-refractivity contribution in [2.75, 3.05) is 11.1 Å². The van der Waals surface area contributed by atoms with Crippen LogP contribution in [0, 0.1) is 5.82 Å². The maximum absolute atomic E-state index is 13.3. The number of aromatic nitrogens is 4. The number of halogens is 3. The molecule has 3 aromatic rings. The van der Waals surface area contributed by atoms with E-state index in [9.17, 15) is 9.18 Å². The fourth-order valence-electron chi connectivity index (χ4n) is 2.62. The third-order valence-electron chi connectivity index (χ3n) is 3.98. The van der Waals surface area contributed by atoms with Crippen LogP contribution in [-0.4, -0.2) is 31.4 Å². The van der Waals surface area contributed by atoms with Crippen molar-refractivity contribution in [1.29, 1.82) is 0 Å². The van der Waals surface area contributed by atoms with Crippen LogP contribution in [-0.2, 0) is 11.3 Å². The van der Waals surface area contributed by atoms with Crippen LogP contribution in [0.5, 0.6) is 5.75 Å². The summed E-state index contributed by atoms with van der Waals surface area (Å²) in [5, 5.41) is 11.9. The second-order valence-corrected chi connectivity index (χ2v) is 7.96. The number of thioether (sulfide) groups is 1. The van der Waals surface area contributed by atoms with Crippen molar-refractivity contribution in [3.05, 3.63) is 71.0 Å². The number of ether oxygens (including phenoxy) is 1. The van der Waals surface area contributed by atoms with Gasteiger partial charge in [-0.3, -0.25) is 9.36 Å². The lowest BCUT2D eigenvalue weighted by Gasteiger charge is -2.16. The van der Waals surface area contributed by atoms with Crippen LogP contribution < -0.4 is 10.1 Å². The first-order valence-corrected chi connectivity index (χ1v) is 10.8. The fraction of sp³-hybridized carbons (Fsp3) is 0.200. The SMILES string of the molecule is C=CCn1c(SCC(=O)Nc2cccnc2Cl)nnc1C(C)Oc1ccc(F)cc1Cl. The molecule has 0 aliphatic heterocycles. The van der Waals surface area contributed by atoms with Crippen molar-refractivity contribution >= 4 is 46.6 Å². The maximum atomic E-state index is 13.3. The van der Waals surface area contributed by atoms with Crippen LogP contribution in [0.2, 0.25) is 10.2 Å². The topological polar surface area (TPSA) is 81.9 Å². The van der Waals surface area contributed by atoms with Gasteiger partial charge in [-0.15, -0.1) is 16.8 Å². The summed E-state index contributed by atoms with van der Waals surface area (Å²) in [6.45, 7) is 5.94. The molecule has 2 heterocycles. The molecular weight excluding hydrogens is 464 g/mol.